The smallest absolute Gasteiger partial charge is 0.192 e. The van der Waals surface area contributed by atoms with E-state index >= 15 is 0 Å². The number of hydrogen-bond acceptors (Lipinski definition) is 2. The van der Waals surface area contributed by atoms with Crippen LogP contribution in [-0.2, 0) is 8.85 Å². The molecule has 0 aromatic heterocycles. The van der Waals surface area contributed by atoms with Gasteiger partial charge in [0.25, 0.3) is 0 Å². The predicted molar refractivity (Wildman–Crippen MR) is 102 cm³/mol. The monoisotopic (exact) mass is 342 g/mol. The van der Waals surface area contributed by atoms with Crippen molar-refractivity contribution in [1.82, 2.24) is 0 Å². The molecule has 0 aliphatic heterocycles. The summed E-state index contributed by atoms with van der Waals surface area (Å²) < 4.78 is 12.7. The third-order valence-corrected chi connectivity index (χ3v) is 15.2. The highest BCUT2D eigenvalue weighted by molar-refractivity contribution is 6.74. The van der Waals surface area contributed by atoms with Gasteiger partial charge in [0, 0.05) is 25.0 Å². The van der Waals surface area contributed by atoms with Crippen LogP contribution in [-0.4, -0.2) is 29.8 Å². The first-order chi connectivity index (χ1) is 9.60. The van der Waals surface area contributed by atoms with Crippen LogP contribution in [0, 0.1) is 11.8 Å². The second kappa shape index (κ2) is 6.19. The minimum Gasteiger partial charge on any atom is -0.416 e. The second-order valence-corrected chi connectivity index (χ2v) is 19.5. The van der Waals surface area contributed by atoms with Gasteiger partial charge in [-0.25, -0.2) is 0 Å². The molecular formula is C18H38O2Si2. The molecule has 1 fully saturated rings. The highest BCUT2D eigenvalue weighted by Crippen LogP contribution is 2.48. The van der Waals surface area contributed by atoms with Gasteiger partial charge >= 0.3 is 0 Å². The van der Waals surface area contributed by atoms with Crippen molar-refractivity contribution in [3.05, 3.63) is 12.2 Å². The van der Waals surface area contributed by atoms with E-state index in [1.54, 1.807) is 0 Å². The van der Waals surface area contributed by atoms with Gasteiger partial charge in [0.2, 0.25) is 0 Å². The maximum absolute atomic E-state index is 6.35. The third kappa shape index (κ3) is 4.56. The predicted octanol–water partition coefficient (Wildman–Crippen LogP) is 5.83. The van der Waals surface area contributed by atoms with Gasteiger partial charge in [-0.05, 0) is 36.3 Å². The van der Waals surface area contributed by atoms with Gasteiger partial charge in [0.15, 0.2) is 16.6 Å². The first-order valence-corrected chi connectivity index (χ1v) is 14.4. The van der Waals surface area contributed by atoms with Gasteiger partial charge in [0.1, 0.15) is 0 Å². The van der Waals surface area contributed by atoms with Crippen molar-refractivity contribution in [2.75, 3.05) is 13.2 Å². The summed E-state index contributed by atoms with van der Waals surface area (Å²) in [5.41, 5.74) is 1.33. The summed E-state index contributed by atoms with van der Waals surface area (Å²) in [6.45, 7) is 28.9. The van der Waals surface area contributed by atoms with E-state index in [4.69, 9.17) is 8.85 Å². The van der Waals surface area contributed by atoms with Gasteiger partial charge in [-0.1, -0.05) is 53.7 Å². The van der Waals surface area contributed by atoms with Crippen LogP contribution in [0.3, 0.4) is 0 Å². The molecular weight excluding hydrogens is 304 g/mol. The summed E-state index contributed by atoms with van der Waals surface area (Å²) in [6, 6.07) is 0. The summed E-state index contributed by atoms with van der Waals surface area (Å²) in [4.78, 5) is 0. The Morgan fingerprint density at radius 3 is 1.27 bits per heavy atom. The van der Waals surface area contributed by atoms with E-state index in [0.717, 1.165) is 13.2 Å². The van der Waals surface area contributed by atoms with Crippen molar-refractivity contribution in [3.63, 3.8) is 0 Å². The lowest BCUT2D eigenvalue weighted by atomic mass is 10.2. The molecule has 0 amide bonds. The second-order valence-electron chi connectivity index (χ2n) is 9.93. The van der Waals surface area contributed by atoms with Crippen LogP contribution in [0.1, 0.15) is 41.5 Å². The molecule has 0 bridgehead atoms. The van der Waals surface area contributed by atoms with Crippen LogP contribution in [0.2, 0.25) is 36.3 Å². The maximum atomic E-state index is 6.35. The fourth-order valence-electron chi connectivity index (χ4n) is 1.92. The highest BCUT2D eigenvalue weighted by Gasteiger charge is 2.47. The molecule has 22 heavy (non-hydrogen) atoms. The maximum Gasteiger partial charge on any atom is 0.192 e. The first kappa shape index (κ1) is 20.1. The molecule has 2 atom stereocenters. The van der Waals surface area contributed by atoms with E-state index in [9.17, 15) is 0 Å². The molecule has 1 saturated carbocycles. The largest absolute Gasteiger partial charge is 0.416 e. The van der Waals surface area contributed by atoms with Crippen molar-refractivity contribution in [2.45, 2.75) is 77.8 Å². The minimum absolute atomic E-state index is 0.274. The zero-order valence-corrected chi connectivity index (χ0v) is 18.6. The molecule has 0 radical (unpaired) electrons. The van der Waals surface area contributed by atoms with E-state index in [1.807, 2.05) is 0 Å². The summed E-state index contributed by atoms with van der Waals surface area (Å²) in [5, 5.41) is 0.548. The van der Waals surface area contributed by atoms with Crippen molar-refractivity contribution >= 4 is 16.6 Å². The quantitative estimate of drug-likeness (QED) is 0.446. The molecule has 0 saturated heterocycles. The molecule has 0 spiro atoms. The fourth-order valence-corrected chi connectivity index (χ4v) is 3.98. The zero-order valence-electron chi connectivity index (χ0n) is 16.6. The van der Waals surface area contributed by atoms with Crippen LogP contribution in [0.4, 0.5) is 0 Å². The van der Waals surface area contributed by atoms with Crippen molar-refractivity contribution in [1.29, 1.82) is 0 Å². The molecule has 0 heterocycles. The summed E-state index contributed by atoms with van der Waals surface area (Å²) in [7, 11) is -3.30. The lowest BCUT2D eigenvalue weighted by Crippen LogP contribution is -2.42. The molecule has 130 valence electrons. The summed E-state index contributed by atoms with van der Waals surface area (Å²) in [6.07, 6.45) is 0. The Hall–Kier alpha value is 0.0938. The van der Waals surface area contributed by atoms with Gasteiger partial charge in [0.05, 0.1) is 0 Å². The summed E-state index contributed by atoms with van der Waals surface area (Å²) in [5.74, 6) is 1.03. The van der Waals surface area contributed by atoms with E-state index in [1.165, 1.54) is 5.57 Å². The van der Waals surface area contributed by atoms with Crippen molar-refractivity contribution in [2.24, 2.45) is 11.8 Å². The molecule has 0 N–H and O–H groups in total. The first-order valence-electron chi connectivity index (χ1n) is 8.57. The van der Waals surface area contributed by atoms with Gasteiger partial charge in [-0.15, -0.1) is 0 Å². The topological polar surface area (TPSA) is 18.5 Å². The van der Waals surface area contributed by atoms with E-state index in [0.29, 0.717) is 11.8 Å². The number of hydrogen-bond donors (Lipinski definition) is 0. The lowest BCUT2D eigenvalue weighted by Gasteiger charge is -2.36. The standard InChI is InChI=1S/C18H38O2Si2/c1-14-15(12-19-21(8,9)17(2,3)4)16(14)13-20-22(10,11)18(5,6)7/h15-16H,1,12-13H2,2-11H3. The third-order valence-electron chi connectivity index (χ3n) is 6.19. The average Bonchev–Trinajstić information content (AvgIpc) is 2.91. The number of rotatable bonds is 6. The van der Waals surface area contributed by atoms with Crippen molar-refractivity contribution in [3.8, 4) is 0 Å². The lowest BCUT2D eigenvalue weighted by molar-refractivity contribution is 0.233. The normalized spacial score (nSPS) is 23.8. The van der Waals surface area contributed by atoms with Crippen molar-refractivity contribution < 1.29 is 8.85 Å². The van der Waals surface area contributed by atoms with Gasteiger partial charge < -0.3 is 8.85 Å². The Kier molecular flexibility index (Phi) is 5.67. The van der Waals surface area contributed by atoms with Crippen LogP contribution < -0.4 is 0 Å². The van der Waals surface area contributed by atoms with E-state index in [-0.39, 0.29) is 10.1 Å². The Bertz CT molecular complexity index is 376. The molecule has 2 unspecified atom stereocenters. The van der Waals surface area contributed by atoms with Crippen LogP contribution >= 0.6 is 0 Å². The van der Waals surface area contributed by atoms with Gasteiger partial charge in [-0.3, -0.25) is 0 Å². The molecule has 1 aliphatic carbocycles. The van der Waals surface area contributed by atoms with Gasteiger partial charge in [-0.2, -0.15) is 0 Å². The molecule has 1 aliphatic rings. The molecule has 4 heteroatoms. The van der Waals surface area contributed by atoms with Crippen LogP contribution in [0.15, 0.2) is 12.2 Å². The fraction of sp³-hybridized carbons (Fsp3) is 0.889. The van der Waals surface area contributed by atoms with E-state index < -0.39 is 16.6 Å². The highest BCUT2D eigenvalue weighted by atomic mass is 28.4. The summed E-state index contributed by atoms with van der Waals surface area (Å²) >= 11 is 0. The van der Waals surface area contributed by atoms with E-state index in [2.05, 4.69) is 74.3 Å². The van der Waals surface area contributed by atoms with Crippen LogP contribution in [0.5, 0.6) is 0 Å². The Labute approximate surface area is 140 Å². The Morgan fingerprint density at radius 1 is 0.773 bits per heavy atom. The average molecular weight is 343 g/mol. The Morgan fingerprint density at radius 2 is 1.05 bits per heavy atom. The molecule has 0 aromatic carbocycles. The molecule has 1 rings (SSSR count). The minimum atomic E-state index is -1.65. The SMILES string of the molecule is C=C1C(CO[Si](C)(C)C(C)(C)C)C1CO[Si](C)(C)C(C)(C)C. The van der Waals surface area contributed by atoms with Crippen LogP contribution in [0.25, 0.3) is 0 Å². The molecule has 2 nitrogen and oxygen atoms in total. The Balaban J connectivity index is 2.47. The molecule has 0 aromatic rings. The zero-order chi connectivity index (χ0) is 17.6.